The van der Waals surface area contributed by atoms with Crippen LogP contribution in [-0.4, -0.2) is 23.5 Å². The quantitative estimate of drug-likeness (QED) is 0.490. The number of hydrogen-bond donors (Lipinski definition) is 1. The van der Waals surface area contributed by atoms with Gasteiger partial charge in [-0.3, -0.25) is 10.1 Å². The Balaban J connectivity index is 1.78. The minimum absolute atomic E-state index is 0.0232. The summed E-state index contributed by atoms with van der Waals surface area (Å²) in [4.78, 5) is 14.2. The lowest BCUT2D eigenvalue weighted by Crippen LogP contribution is -2.23. The molecule has 0 amide bonds. The highest BCUT2D eigenvalue weighted by Crippen LogP contribution is 2.25. The normalized spacial score (nSPS) is 11.5. The van der Waals surface area contributed by atoms with Gasteiger partial charge in [-0.25, -0.2) is 13.1 Å². The summed E-state index contributed by atoms with van der Waals surface area (Å²) in [5, 5.41) is 15.2. The second-order valence-corrected chi connectivity index (χ2v) is 7.70. The number of nitrogens with zero attached hydrogens (tertiary/aromatic N) is 3. The molecule has 0 radical (unpaired) electrons. The first-order chi connectivity index (χ1) is 12.8. The van der Waals surface area contributed by atoms with Crippen LogP contribution < -0.4 is 4.72 Å². The van der Waals surface area contributed by atoms with E-state index in [0.717, 1.165) is 6.07 Å². The van der Waals surface area contributed by atoms with E-state index in [9.17, 15) is 18.5 Å². The van der Waals surface area contributed by atoms with E-state index in [1.165, 1.54) is 19.1 Å². The van der Waals surface area contributed by atoms with Crippen molar-refractivity contribution in [2.45, 2.75) is 18.4 Å². The van der Waals surface area contributed by atoms with Crippen LogP contribution in [0.1, 0.15) is 11.5 Å². The van der Waals surface area contributed by atoms with Crippen molar-refractivity contribution in [3.8, 4) is 11.4 Å². The fraction of sp³-hybridized carbons (Fsp3) is 0.125. The van der Waals surface area contributed by atoms with Gasteiger partial charge in [0, 0.05) is 17.2 Å². The fourth-order valence-electron chi connectivity index (χ4n) is 2.27. The molecule has 0 atom stereocenters. The van der Waals surface area contributed by atoms with E-state index in [1.807, 2.05) is 0 Å². The maximum absolute atomic E-state index is 12.4. The third-order valence-corrected chi connectivity index (χ3v) is 5.41. The van der Waals surface area contributed by atoms with Crippen LogP contribution in [0.4, 0.5) is 5.69 Å². The van der Waals surface area contributed by atoms with E-state index in [0.29, 0.717) is 16.1 Å². The predicted octanol–water partition coefficient (Wildman–Crippen LogP) is 3.09. The Hall–Kier alpha value is -2.82. The first kappa shape index (κ1) is 19.0. The van der Waals surface area contributed by atoms with Gasteiger partial charge in [-0.05, 0) is 25.1 Å². The van der Waals surface area contributed by atoms with Crippen molar-refractivity contribution >= 4 is 27.3 Å². The first-order valence-corrected chi connectivity index (χ1v) is 9.46. The Bertz CT molecular complexity index is 1110. The van der Waals surface area contributed by atoms with Crippen LogP contribution >= 0.6 is 11.6 Å². The second-order valence-electron chi connectivity index (χ2n) is 5.52. The van der Waals surface area contributed by atoms with Crippen LogP contribution in [-0.2, 0) is 16.6 Å². The Labute approximate surface area is 159 Å². The van der Waals surface area contributed by atoms with Gasteiger partial charge in [0.15, 0.2) is 0 Å². The van der Waals surface area contributed by atoms with E-state index in [1.54, 1.807) is 24.3 Å². The third-order valence-electron chi connectivity index (χ3n) is 3.68. The van der Waals surface area contributed by atoms with Gasteiger partial charge in [-0.2, -0.15) is 4.98 Å². The molecule has 3 rings (SSSR count). The molecule has 1 N–H and O–H groups in total. The number of aromatic nitrogens is 2. The van der Waals surface area contributed by atoms with E-state index in [4.69, 9.17) is 16.1 Å². The zero-order valence-electron chi connectivity index (χ0n) is 13.9. The molecule has 0 saturated carbocycles. The van der Waals surface area contributed by atoms with E-state index >= 15 is 0 Å². The predicted molar refractivity (Wildman–Crippen MR) is 96.6 cm³/mol. The molecule has 0 unspecified atom stereocenters. The average Bonchev–Trinajstić information content (AvgIpc) is 3.09. The summed E-state index contributed by atoms with van der Waals surface area (Å²) in [6, 6.07) is 10.5. The van der Waals surface area contributed by atoms with E-state index < -0.39 is 14.9 Å². The summed E-state index contributed by atoms with van der Waals surface area (Å²) in [6.07, 6.45) is 0. The second kappa shape index (κ2) is 7.43. The molecule has 1 aromatic heterocycles. The van der Waals surface area contributed by atoms with Crippen molar-refractivity contribution < 1.29 is 17.9 Å². The molecule has 9 nitrogen and oxygen atoms in total. The molecule has 11 heteroatoms. The van der Waals surface area contributed by atoms with Crippen molar-refractivity contribution in [2.75, 3.05) is 0 Å². The lowest BCUT2D eigenvalue weighted by Gasteiger charge is -2.05. The van der Waals surface area contributed by atoms with Crippen molar-refractivity contribution in [2.24, 2.45) is 0 Å². The highest BCUT2D eigenvalue weighted by atomic mass is 35.5. The zero-order valence-corrected chi connectivity index (χ0v) is 15.5. The largest absolute Gasteiger partial charge is 0.338 e. The van der Waals surface area contributed by atoms with Gasteiger partial charge < -0.3 is 4.52 Å². The number of rotatable bonds is 6. The van der Waals surface area contributed by atoms with Crippen LogP contribution in [0, 0.1) is 17.0 Å². The average molecular weight is 409 g/mol. The van der Waals surface area contributed by atoms with Crippen LogP contribution in [0.25, 0.3) is 11.4 Å². The summed E-state index contributed by atoms with van der Waals surface area (Å²) in [5.74, 6) is 0.246. The van der Waals surface area contributed by atoms with Crippen LogP contribution in [0.3, 0.4) is 0 Å². The molecule has 0 bridgehead atoms. The minimum atomic E-state index is -4.00. The number of benzene rings is 2. The monoisotopic (exact) mass is 408 g/mol. The summed E-state index contributed by atoms with van der Waals surface area (Å²) in [5.41, 5.74) is 0.628. The van der Waals surface area contributed by atoms with E-state index in [-0.39, 0.29) is 28.8 Å². The van der Waals surface area contributed by atoms with Gasteiger partial charge in [-0.15, -0.1) is 0 Å². The molecular weight excluding hydrogens is 396 g/mol. The van der Waals surface area contributed by atoms with Gasteiger partial charge in [0.1, 0.15) is 0 Å². The number of halogens is 1. The maximum atomic E-state index is 12.4. The van der Waals surface area contributed by atoms with Gasteiger partial charge in [-0.1, -0.05) is 35.0 Å². The highest BCUT2D eigenvalue weighted by Gasteiger charge is 2.21. The van der Waals surface area contributed by atoms with Gasteiger partial charge in [0.05, 0.1) is 21.4 Å². The number of nitrogens with one attached hydrogen (secondary N) is 1. The Kier molecular flexibility index (Phi) is 5.22. The van der Waals surface area contributed by atoms with Crippen molar-refractivity contribution in [3.05, 3.63) is 69.1 Å². The van der Waals surface area contributed by atoms with Crippen LogP contribution in [0.2, 0.25) is 5.02 Å². The topological polar surface area (TPSA) is 128 Å². The molecule has 0 saturated heterocycles. The SMILES string of the molecule is Cc1ccc(S(=O)(=O)NCc2nc(-c3ccccc3Cl)no2)cc1[N+](=O)[O-]. The fourth-order valence-corrected chi connectivity index (χ4v) is 3.49. The molecule has 1 heterocycles. The summed E-state index contributed by atoms with van der Waals surface area (Å²) >= 11 is 6.06. The van der Waals surface area contributed by atoms with Crippen molar-refractivity contribution in [3.63, 3.8) is 0 Å². The van der Waals surface area contributed by atoms with Crippen LogP contribution in [0.5, 0.6) is 0 Å². The molecule has 3 aromatic rings. The minimum Gasteiger partial charge on any atom is -0.338 e. The standard InChI is InChI=1S/C16H13ClN4O5S/c1-10-6-7-11(8-14(10)21(22)23)27(24,25)18-9-15-19-16(20-26-15)12-4-2-3-5-13(12)17/h2-8,18H,9H2,1H3. The highest BCUT2D eigenvalue weighted by molar-refractivity contribution is 7.89. The number of nitro benzene ring substituents is 1. The van der Waals surface area contributed by atoms with Crippen LogP contribution in [0.15, 0.2) is 51.9 Å². The lowest BCUT2D eigenvalue weighted by atomic mass is 10.2. The molecule has 27 heavy (non-hydrogen) atoms. The Morgan fingerprint density at radius 2 is 2.00 bits per heavy atom. The van der Waals surface area contributed by atoms with Crippen molar-refractivity contribution in [1.29, 1.82) is 0 Å². The number of nitro groups is 1. The molecule has 0 spiro atoms. The summed E-state index contributed by atoms with van der Waals surface area (Å²) < 4.78 is 32.1. The smallest absolute Gasteiger partial charge is 0.273 e. The molecule has 0 fully saturated rings. The first-order valence-electron chi connectivity index (χ1n) is 7.60. The van der Waals surface area contributed by atoms with Gasteiger partial charge in [0.25, 0.3) is 5.69 Å². The van der Waals surface area contributed by atoms with Gasteiger partial charge in [0.2, 0.25) is 21.7 Å². The van der Waals surface area contributed by atoms with Gasteiger partial charge >= 0.3 is 0 Å². The molecule has 0 aliphatic rings. The molecule has 0 aliphatic heterocycles. The lowest BCUT2D eigenvalue weighted by molar-refractivity contribution is -0.385. The summed E-state index contributed by atoms with van der Waals surface area (Å²) in [7, 11) is -4.00. The third kappa shape index (κ3) is 4.13. The maximum Gasteiger partial charge on any atom is 0.273 e. The Morgan fingerprint density at radius 3 is 2.70 bits per heavy atom. The summed E-state index contributed by atoms with van der Waals surface area (Å²) in [6.45, 7) is 1.25. The zero-order chi connectivity index (χ0) is 19.6. The molecular formula is C16H13ClN4O5S. The van der Waals surface area contributed by atoms with Crippen molar-refractivity contribution in [1.82, 2.24) is 14.9 Å². The molecule has 2 aromatic carbocycles. The van der Waals surface area contributed by atoms with E-state index in [2.05, 4.69) is 14.9 Å². The number of aryl methyl sites for hydroxylation is 1. The molecule has 140 valence electrons. The Morgan fingerprint density at radius 1 is 1.26 bits per heavy atom. The molecule has 0 aliphatic carbocycles. The number of hydrogen-bond acceptors (Lipinski definition) is 7. The number of sulfonamides is 1.